The number of esters is 1. The van der Waals surface area contributed by atoms with Crippen molar-refractivity contribution in [3.63, 3.8) is 0 Å². The average molecular weight is 209 g/mol. The van der Waals surface area contributed by atoms with E-state index >= 15 is 0 Å². The molecule has 0 aromatic carbocycles. The second-order valence-electron chi connectivity index (χ2n) is 3.23. The largest absolute Gasteiger partial charge is 0.462 e. The van der Waals surface area contributed by atoms with Gasteiger partial charge < -0.3 is 9.72 Å². The molecule has 0 fully saturated rings. The van der Waals surface area contributed by atoms with E-state index in [1.807, 2.05) is 6.92 Å². The molecule has 0 atom stereocenters. The van der Waals surface area contributed by atoms with E-state index in [4.69, 9.17) is 4.74 Å². The van der Waals surface area contributed by atoms with Gasteiger partial charge in [-0.3, -0.25) is 4.79 Å². The Hall–Kier alpha value is -1.58. The van der Waals surface area contributed by atoms with Crippen LogP contribution in [0.25, 0.3) is 0 Å². The van der Waals surface area contributed by atoms with Crippen LogP contribution in [0.15, 0.2) is 16.9 Å². The van der Waals surface area contributed by atoms with E-state index in [2.05, 4.69) is 4.98 Å². The molecule has 4 nitrogen and oxygen atoms in total. The maximum atomic E-state index is 11.4. The van der Waals surface area contributed by atoms with E-state index < -0.39 is 5.97 Å². The molecule has 0 spiro atoms. The van der Waals surface area contributed by atoms with E-state index in [0.29, 0.717) is 12.2 Å². The van der Waals surface area contributed by atoms with Gasteiger partial charge in [0, 0.05) is 11.8 Å². The zero-order valence-corrected chi connectivity index (χ0v) is 9.00. The number of carbonyl (C=O) groups excluding carboxylic acids is 1. The van der Waals surface area contributed by atoms with Crippen molar-refractivity contribution in [2.45, 2.75) is 26.7 Å². The fourth-order valence-electron chi connectivity index (χ4n) is 1.34. The Labute approximate surface area is 88.3 Å². The molecule has 15 heavy (non-hydrogen) atoms. The molecule has 0 amide bonds. The van der Waals surface area contributed by atoms with Gasteiger partial charge in [0.1, 0.15) is 0 Å². The molecular formula is C11H15NO3. The summed E-state index contributed by atoms with van der Waals surface area (Å²) in [4.78, 5) is 25.3. The van der Waals surface area contributed by atoms with Gasteiger partial charge >= 0.3 is 5.97 Å². The first-order valence-electron chi connectivity index (χ1n) is 5.07. The number of aromatic nitrogens is 1. The van der Waals surface area contributed by atoms with E-state index in [1.54, 1.807) is 13.0 Å². The van der Waals surface area contributed by atoms with Crippen LogP contribution in [0.1, 0.15) is 36.3 Å². The molecule has 82 valence electrons. The minimum Gasteiger partial charge on any atom is -0.462 e. The van der Waals surface area contributed by atoms with Crippen LogP contribution in [0.3, 0.4) is 0 Å². The van der Waals surface area contributed by atoms with Gasteiger partial charge in [0.2, 0.25) is 5.56 Å². The third-order valence-electron chi connectivity index (χ3n) is 1.93. The molecule has 0 aliphatic rings. The molecule has 1 aromatic rings. The summed E-state index contributed by atoms with van der Waals surface area (Å²) in [5.74, 6) is -0.444. The van der Waals surface area contributed by atoms with Crippen LogP contribution < -0.4 is 5.56 Å². The van der Waals surface area contributed by atoms with Crippen molar-refractivity contribution in [2.75, 3.05) is 6.61 Å². The summed E-state index contributed by atoms with van der Waals surface area (Å²) >= 11 is 0. The summed E-state index contributed by atoms with van der Waals surface area (Å²) in [6, 6.07) is 2.93. The van der Waals surface area contributed by atoms with Gasteiger partial charge in [-0.15, -0.1) is 0 Å². The molecule has 1 heterocycles. The molecule has 0 aliphatic carbocycles. The van der Waals surface area contributed by atoms with Crippen molar-refractivity contribution < 1.29 is 9.53 Å². The van der Waals surface area contributed by atoms with Crippen LogP contribution in [0.2, 0.25) is 0 Å². The lowest BCUT2D eigenvalue weighted by molar-refractivity contribution is 0.0526. The number of aromatic amines is 1. The monoisotopic (exact) mass is 209 g/mol. The Morgan fingerprint density at radius 3 is 2.73 bits per heavy atom. The molecule has 0 bridgehead atoms. The van der Waals surface area contributed by atoms with Crippen LogP contribution in [-0.4, -0.2) is 17.6 Å². The van der Waals surface area contributed by atoms with Crippen molar-refractivity contribution in [1.29, 1.82) is 0 Å². The summed E-state index contributed by atoms with van der Waals surface area (Å²) < 4.78 is 4.82. The van der Waals surface area contributed by atoms with Crippen LogP contribution >= 0.6 is 0 Å². The number of rotatable bonds is 4. The fraction of sp³-hybridized carbons (Fsp3) is 0.455. The van der Waals surface area contributed by atoms with Gasteiger partial charge in [0.15, 0.2) is 0 Å². The predicted molar refractivity (Wildman–Crippen MR) is 57.0 cm³/mol. The van der Waals surface area contributed by atoms with Crippen molar-refractivity contribution in [2.24, 2.45) is 0 Å². The molecule has 0 saturated carbocycles. The van der Waals surface area contributed by atoms with Crippen LogP contribution in [-0.2, 0) is 11.2 Å². The normalized spacial score (nSPS) is 10.0. The summed E-state index contributed by atoms with van der Waals surface area (Å²) in [6.45, 7) is 4.06. The molecule has 0 saturated heterocycles. The lowest BCUT2D eigenvalue weighted by atomic mass is 10.1. The Morgan fingerprint density at radius 1 is 1.40 bits per heavy atom. The maximum Gasteiger partial charge on any atom is 0.338 e. The van der Waals surface area contributed by atoms with E-state index in [1.165, 1.54) is 6.07 Å². The topological polar surface area (TPSA) is 59.2 Å². The Bertz CT molecular complexity index is 395. The Morgan fingerprint density at radius 2 is 2.13 bits per heavy atom. The lowest BCUT2D eigenvalue weighted by Crippen LogP contribution is -2.14. The van der Waals surface area contributed by atoms with Crippen molar-refractivity contribution in [1.82, 2.24) is 4.98 Å². The average Bonchev–Trinajstić information content (AvgIpc) is 2.17. The van der Waals surface area contributed by atoms with Gasteiger partial charge in [-0.2, -0.15) is 0 Å². The molecule has 1 aromatic heterocycles. The zero-order chi connectivity index (χ0) is 11.3. The minimum atomic E-state index is -0.444. The van der Waals surface area contributed by atoms with Crippen molar-refractivity contribution in [3.8, 4) is 0 Å². The predicted octanol–water partition coefficient (Wildman–Crippen LogP) is 1.50. The molecule has 4 heteroatoms. The highest BCUT2D eigenvalue weighted by atomic mass is 16.5. The number of hydrogen-bond donors (Lipinski definition) is 1. The van der Waals surface area contributed by atoms with Gasteiger partial charge in [-0.1, -0.05) is 13.3 Å². The highest BCUT2D eigenvalue weighted by Gasteiger charge is 2.08. The summed E-state index contributed by atoms with van der Waals surface area (Å²) in [5.41, 5.74) is 0.834. The molecule has 1 N–H and O–H groups in total. The summed E-state index contributed by atoms with van der Waals surface area (Å²) in [6.07, 6.45) is 1.67. The maximum absolute atomic E-state index is 11.4. The van der Waals surface area contributed by atoms with E-state index in [-0.39, 0.29) is 5.56 Å². The Balaban J connectivity index is 2.98. The van der Waals surface area contributed by atoms with Gasteiger partial charge in [0.05, 0.1) is 12.2 Å². The number of H-pyrrole nitrogens is 1. The second-order valence-corrected chi connectivity index (χ2v) is 3.23. The Kier molecular flexibility index (Phi) is 4.09. The SMILES string of the molecule is CCCc1cc(C(=O)OCC)cc(=O)[nH]1. The zero-order valence-electron chi connectivity index (χ0n) is 9.00. The summed E-state index contributed by atoms with van der Waals surface area (Å²) in [5, 5.41) is 0. The first kappa shape index (κ1) is 11.5. The number of carbonyl (C=O) groups is 1. The van der Waals surface area contributed by atoms with Crippen molar-refractivity contribution in [3.05, 3.63) is 33.7 Å². The number of hydrogen-bond acceptors (Lipinski definition) is 3. The fourth-order valence-corrected chi connectivity index (χ4v) is 1.34. The number of pyridine rings is 1. The van der Waals surface area contributed by atoms with Crippen molar-refractivity contribution >= 4 is 5.97 Å². The standard InChI is InChI=1S/C11H15NO3/c1-3-5-9-6-8(7-10(13)12-9)11(14)15-4-2/h6-7H,3-5H2,1-2H3,(H,12,13). The molecular weight excluding hydrogens is 194 g/mol. The second kappa shape index (κ2) is 5.34. The third kappa shape index (κ3) is 3.23. The van der Waals surface area contributed by atoms with Crippen LogP contribution in [0, 0.1) is 0 Å². The smallest absolute Gasteiger partial charge is 0.338 e. The van der Waals surface area contributed by atoms with E-state index in [0.717, 1.165) is 18.5 Å². The number of aryl methyl sites for hydroxylation is 1. The van der Waals surface area contributed by atoms with Crippen LogP contribution in [0.4, 0.5) is 0 Å². The van der Waals surface area contributed by atoms with Gasteiger partial charge in [-0.25, -0.2) is 4.79 Å². The summed E-state index contributed by atoms with van der Waals surface area (Å²) in [7, 11) is 0. The first-order chi connectivity index (χ1) is 7.17. The molecule has 0 aliphatic heterocycles. The lowest BCUT2D eigenvalue weighted by Gasteiger charge is -2.03. The molecule has 0 unspecified atom stereocenters. The molecule has 0 radical (unpaired) electrons. The quantitative estimate of drug-likeness (QED) is 0.764. The van der Waals surface area contributed by atoms with E-state index in [9.17, 15) is 9.59 Å². The highest BCUT2D eigenvalue weighted by molar-refractivity contribution is 5.89. The van der Waals surface area contributed by atoms with Crippen LogP contribution in [0.5, 0.6) is 0 Å². The highest BCUT2D eigenvalue weighted by Crippen LogP contribution is 2.03. The van der Waals surface area contributed by atoms with Gasteiger partial charge in [-0.05, 0) is 19.4 Å². The minimum absolute atomic E-state index is 0.260. The number of nitrogens with one attached hydrogen (secondary N) is 1. The molecule has 1 rings (SSSR count). The first-order valence-corrected chi connectivity index (χ1v) is 5.07. The van der Waals surface area contributed by atoms with Gasteiger partial charge in [0.25, 0.3) is 0 Å². The number of ether oxygens (including phenoxy) is 1. The third-order valence-corrected chi connectivity index (χ3v) is 1.93.